The lowest BCUT2D eigenvalue weighted by Gasteiger charge is -2.16. The number of rotatable bonds is 7. The molecule has 0 heterocycles. The minimum atomic E-state index is -0.464. The van der Waals surface area contributed by atoms with Crippen LogP contribution in [0.2, 0.25) is 5.02 Å². The largest absolute Gasteiger partial charge is 0.489 e. The molecule has 0 saturated carbocycles. The molecule has 0 bridgehead atoms. The molecule has 7 heteroatoms. The topological polar surface area (TPSA) is 84.6 Å². The summed E-state index contributed by atoms with van der Waals surface area (Å²) in [6, 6.07) is 11.4. The van der Waals surface area contributed by atoms with Gasteiger partial charge in [-0.1, -0.05) is 11.6 Å². The van der Waals surface area contributed by atoms with Crippen molar-refractivity contribution in [2.75, 3.05) is 11.9 Å². The van der Waals surface area contributed by atoms with Crippen molar-refractivity contribution < 1.29 is 14.8 Å². The molecular weight excluding hydrogens is 320 g/mol. The lowest BCUT2D eigenvalue weighted by molar-refractivity contribution is -0.384. The van der Waals surface area contributed by atoms with Crippen LogP contribution in [0.3, 0.4) is 0 Å². The Bertz CT molecular complexity index is 676. The summed E-state index contributed by atoms with van der Waals surface area (Å²) in [5.41, 5.74) is 0.915. The molecule has 1 atom stereocenters. The minimum Gasteiger partial charge on any atom is -0.489 e. The number of hydrogen-bond acceptors (Lipinski definition) is 5. The van der Waals surface area contributed by atoms with Gasteiger partial charge in [0.1, 0.15) is 17.5 Å². The first-order chi connectivity index (χ1) is 11.0. The fourth-order valence-electron chi connectivity index (χ4n) is 2.02. The summed E-state index contributed by atoms with van der Waals surface area (Å²) in [6.45, 7) is 2.05. The molecular formula is C16H17ClN2O4. The molecule has 0 saturated heterocycles. The predicted molar refractivity (Wildman–Crippen MR) is 89.1 cm³/mol. The number of aliphatic hydroxyl groups excluding tert-OH is 1. The van der Waals surface area contributed by atoms with Gasteiger partial charge in [0.15, 0.2) is 0 Å². The predicted octanol–water partition coefficient (Wildman–Crippen LogP) is 3.62. The van der Waals surface area contributed by atoms with Crippen molar-refractivity contribution in [3.05, 3.63) is 63.2 Å². The molecule has 0 aliphatic carbocycles. The van der Waals surface area contributed by atoms with E-state index in [4.69, 9.17) is 21.4 Å². The van der Waals surface area contributed by atoms with E-state index in [0.717, 1.165) is 0 Å². The zero-order valence-corrected chi connectivity index (χ0v) is 13.3. The Morgan fingerprint density at radius 1 is 1.30 bits per heavy atom. The van der Waals surface area contributed by atoms with Gasteiger partial charge in [0, 0.05) is 11.1 Å². The molecule has 0 spiro atoms. The zero-order valence-electron chi connectivity index (χ0n) is 12.5. The normalized spacial score (nSPS) is 11.8. The molecule has 0 aliphatic heterocycles. The summed E-state index contributed by atoms with van der Waals surface area (Å²) in [6.07, 6.45) is -0.214. The number of nitro benzene ring substituents is 1. The van der Waals surface area contributed by atoms with Crippen LogP contribution in [0.1, 0.15) is 12.5 Å². The van der Waals surface area contributed by atoms with Gasteiger partial charge in [0.2, 0.25) is 0 Å². The van der Waals surface area contributed by atoms with Crippen LogP contribution in [-0.2, 0) is 6.61 Å². The van der Waals surface area contributed by atoms with E-state index >= 15 is 0 Å². The van der Waals surface area contributed by atoms with Gasteiger partial charge in [0.05, 0.1) is 18.1 Å². The number of nitrogens with zero attached hydrogens (tertiary/aromatic N) is 1. The molecule has 2 aromatic rings. The Kier molecular flexibility index (Phi) is 5.78. The second kappa shape index (κ2) is 7.80. The summed E-state index contributed by atoms with van der Waals surface area (Å²) in [5.74, 6) is 0.669. The third-order valence-electron chi connectivity index (χ3n) is 3.17. The number of anilines is 1. The van der Waals surface area contributed by atoms with Gasteiger partial charge in [-0.05, 0) is 48.9 Å². The summed E-state index contributed by atoms with van der Waals surface area (Å²) in [5, 5.41) is 23.8. The monoisotopic (exact) mass is 336 g/mol. The number of ether oxygens (including phenoxy) is 1. The highest BCUT2D eigenvalue weighted by Gasteiger charge is 2.15. The maximum atomic E-state index is 11.0. The summed E-state index contributed by atoms with van der Waals surface area (Å²) in [7, 11) is 0. The van der Waals surface area contributed by atoms with Crippen molar-refractivity contribution in [1.29, 1.82) is 0 Å². The van der Waals surface area contributed by atoms with E-state index < -0.39 is 4.92 Å². The van der Waals surface area contributed by atoms with Crippen molar-refractivity contribution in [2.24, 2.45) is 0 Å². The first-order valence-electron chi connectivity index (χ1n) is 7.04. The molecule has 23 heavy (non-hydrogen) atoms. The van der Waals surface area contributed by atoms with Crippen LogP contribution in [-0.4, -0.2) is 22.7 Å². The van der Waals surface area contributed by atoms with Crippen molar-refractivity contribution in [2.45, 2.75) is 19.6 Å². The van der Waals surface area contributed by atoms with Crippen LogP contribution in [0.4, 0.5) is 11.4 Å². The Hall–Kier alpha value is -2.31. The maximum absolute atomic E-state index is 11.0. The quantitative estimate of drug-likeness (QED) is 0.596. The van der Waals surface area contributed by atoms with Gasteiger partial charge in [-0.3, -0.25) is 10.1 Å². The summed E-state index contributed by atoms with van der Waals surface area (Å²) < 4.78 is 5.71. The number of benzene rings is 2. The molecule has 2 rings (SSSR count). The van der Waals surface area contributed by atoms with Gasteiger partial charge in [-0.15, -0.1) is 0 Å². The lowest BCUT2D eigenvalue weighted by Crippen LogP contribution is -2.23. The number of nitrogens with one attached hydrogen (secondary N) is 1. The highest BCUT2D eigenvalue weighted by Crippen LogP contribution is 2.26. The smallest absolute Gasteiger partial charge is 0.292 e. The molecule has 0 aromatic heterocycles. The van der Waals surface area contributed by atoms with E-state index in [1.54, 1.807) is 30.3 Å². The van der Waals surface area contributed by atoms with Crippen LogP contribution < -0.4 is 10.1 Å². The van der Waals surface area contributed by atoms with Crippen LogP contribution >= 0.6 is 11.6 Å². The van der Waals surface area contributed by atoms with Crippen molar-refractivity contribution in [3.63, 3.8) is 0 Å². The molecule has 122 valence electrons. The standard InChI is InChI=1S/C16H17ClN2O4/c1-11(23-14-5-3-13(17)4-6-14)9-18-15-8-12(10-20)2-7-16(15)19(21)22/h2-8,11,18,20H,9-10H2,1H3. The molecule has 0 aliphatic rings. The fraction of sp³-hybridized carbons (Fsp3) is 0.250. The molecule has 2 N–H and O–H groups in total. The van der Waals surface area contributed by atoms with E-state index in [-0.39, 0.29) is 18.4 Å². The number of aliphatic hydroxyl groups is 1. The SMILES string of the molecule is CC(CNc1cc(CO)ccc1[N+](=O)[O-])Oc1ccc(Cl)cc1. The number of nitro groups is 1. The van der Waals surface area contributed by atoms with E-state index in [0.29, 0.717) is 28.6 Å². The third kappa shape index (κ3) is 4.84. The second-order valence-electron chi connectivity index (χ2n) is 5.03. The molecule has 0 radical (unpaired) electrons. The fourth-order valence-corrected chi connectivity index (χ4v) is 2.15. The Morgan fingerprint density at radius 3 is 2.61 bits per heavy atom. The molecule has 1 unspecified atom stereocenters. The molecule has 6 nitrogen and oxygen atoms in total. The first kappa shape index (κ1) is 17.1. The minimum absolute atomic E-state index is 0.0408. The lowest BCUT2D eigenvalue weighted by atomic mass is 10.1. The van der Waals surface area contributed by atoms with Crippen LogP contribution in [0, 0.1) is 10.1 Å². The van der Waals surface area contributed by atoms with Crippen LogP contribution in [0.5, 0.6) is 5.75 Å². The van der Waals surface area contributed by atoms with E-state index in [1.807, 2.05) is 6.92 Å². The summed E-state index contributed by atoms with van der Waals surface area (Å²) >= 11 is 5.81. The molecule has 0 amide bonds. The van der Waals surface area contributed by atoms with Gasteiger partial charge < -0.3 is 15.2 Å². The zero-order chi connectivity index (χ0) is 16.8. The van der Waals surface area contributed by atoms with E-state index in [2.05, 4.69) is 5.32 Å². The second-order valence-corrected chi connectivity index (χ2v) is 5.47. The Morgan fingerprint density at radius 2 is 2.00 bits per heavy atom. The van der Waals surface area contributed by atoms with Gasteiger partial charge in [-0.25, -0.2) is 0 Å². The number of hydrogen-bond donors (Lipinski definition) is 2. The highest BCUT2D eigenvalue weighted by molar-refractivity contribution is 6.30. The third-order valence-corrected chi connectivity index (χ3v) is 3.42. The number of halogens is 1. The van der Waals surface area contributed by atoms with Gasteiger partial charge >= 0.3 is 0 Å². The van der Waals surface area contributed by atoms with Gasteiger partial charge in [-0.2, -0.15) is 0 Å². The first-order valence-corrected chi connectivity index (χ1v) is 7.41. The molecule has 0 fully saturated rings. The van der Waals surface area contributed by atoms with Crippen molar-refractivity contribution >= 4 is 23.0 Å². The van der Waals surface area contributed by atoms with Crippen LogP contribution in [0.25, 0.3) is 0 Å². The van der Waals surface area contributed by atoms with Crippen molar-refractivity contribution in [3.8, 4) is 5.75 Å². The maximum Gasteiger partial charge on any atom is 0.292 e. The van der Waals surface area contributed by atoms with E-state index in [9.17, 15) is 10.1 Å². The molecule has 2 aromatic carbocycles. The summed E-state index contributed by atoms with van der Waals surface area (Å²) in [4.78, 5) is 10.6. The van der Waals surface area contributed by atoms with Crippen molar-refractivity contribution in [1.82, 2.24) is 0 Å². The average molecular weight is 337 g/mol. The Balaban J connectivity index is 2.01. The van der Waals surface area contributed by atoms with Gasteiger partial charge in [0.25, 0.3) is 5.69 Å². The average Bonchev–Trinajstić information content (AvgIpc) is 2.54. The van der Waals surface area contributed by atoms with Crippen LogP contribution in [0.15, 0.2) is 42.5 Å². The highest BCUT2D eigenvalue weighted by atomic mass is 35.5. The van der Waals surface area contributed by atoms with E-state index in [1.165, 1.54) is 12.1 Å². The Labute approximate surface area is 138 Å².